The number of hydrogen-bond acceptors (Lipinski definition) is 2. The lowest BCUT2D eigenvalue weighted by molar-refractivity contribution is 0.102. The smallest absolute Gasteiger partial charge is 0.255 e. The lowest BCUT2D eigenvalue weighted by atomic mass is 10.0. The molecule has 0 fully saturated rings. The average molecular weight is 278 g/mol. The number of aryl methyl sites for hydroxylation is 2. The maximum atomic E-state index is 12.4. The Morgan fingerprint density at radius 3 is 2.52 bits per heavy atom. The molecule has 0 radical (unpaired) electrons. The third-order valence-electron chi connectivity index (χ3n) is 3.13. The molecule has 0 saturated heterocycles. The second-order valence-corrected chi connectivity index (χ2v) is 4.86. The second-order valence-electron chi connectivity index (χ2n) is 4.86. The Bertz CT molecular complexity index is 706. The van der Waals surface area contributed by atoms with Crippen LogP contribution in [0, 0.1) is 25.7 Å². The van der Waals surface area contributed by atoms with Gasteiger partial charge in [-0.2, -0.15) is 0 Å². The maximum absolute atomic E-state index is 12.4. The van der Waals surface area contributed by atoms with Gasteiger partial charge in [-0.05, 0) is 43.7 Å². The number of rotatable bonds is 2. The third-order valence-corrected chi connectivity index (χ3v) is 3.13. The molecule has 2 aromatic rings. The molecule has 1 amide bonds. The predicted molar refractivity (Wildman–Crippen MR) is 86.2 cm³/mol. The van der Waals surface area contributed by atoms with Crippen LogP contribution >= 0.6 is 0 Å². The van der Waals surface area contributed by atoms with Gasteiger partial charge >= 0.3 is 0 Å². The first-order valence-electron chi connectivity index (χ1n) is 6.78. The Hall–Kier alpha value is -2.57. The summed E-state index contributed by atoms with van der Waals surface area (Å²) >= 11 is 0. The van der Waals surface area contributed by atoms with Crippen LogP contribution in [-0.4, -0.2) is 12.5 Å². The van der Waals surface area contributed by atoms with E-state index in [-0.39, 0.29) is 5.91 Å². The molecule has 0 aromatic heterocycles. The van der Waals surface area contributed by atoms with E-state index in [1.807, 2.05) is 50.2 Å². The van der Waals surface area contributed by atoms with Crippen molar-refractivity contribution in [2.24, 2.45) is 5.73 Å². The predicted octanol–water partition coefficient (Wildman–Crippen LogP) is 2.87. The molecule has 0 aliphatic rings. The molecular formula is C18H18N2O. The van der Waals surface area contributed by atoms with Crippen LogP contribution in [0.15, 0.2) is 42.5 Å². The van der Waals surface area contributed by atoms with Crippen molar-refractivity contribution in [1.29, 1.82) is 0 Å². The Labute approximate surface area is 125 Å². The number of anilines is 1. The summed E-state index contributed by atoms with van der Waals surface area (Å²) in [7, 11) is 0. The first-order chi connectivity index (χ1) is 10.1. The topological polar surface area (TPSA) is 55.1 Å². The van der Waals surface area contributed by atoms with E-state index in [1.165, 1.54) is 0 Å². The van der Waals surface area contributed by atoms with Gasteiger partial charge in [-0.3, -0.25) is 4.79 Å². The van der Waals surface area contributed by atoms with Crippen LogP contribution < -0.4 is 11.1 Å². The van der Waals surface area contributed by atoms with Gasteiger partial charge in [0.1, 0.15) is 0 Å². The molecule has 0 saturated carbocycles. The minimum Gasteiger partial charge on any atom is -0.322 e. The summed E-state index contributed by atoms with van der Waals surface area (Å²) in [6, 6.07) is 13.3. The molecule has 0 aliphatic heterocycles. The van der Waals surface area contributed by atoms with E-state index in [0.717, 1.165) is 22.4 Å². The monoisotopic (exact) mass is 278 g/mol. The molecule has 3 N–H and O–H groups in total. The molecule has 3 heteroatoms. The SMILES string of the molecule is Cc1ccc(NC(=O)c2cc(C#CCN)ccc2C)cc1. The molecule has 0 heterocycles. The van der Waals surface area contributed by atoms with Gasteiger partial charge in [-0.1, -0.05) is 35.6 Å². The summed E-state index contributed by atoms with van der Waals surface area (Å²) in [6.45, 7) is 4.22. The molecule has 0 bridgehead atoms. The highest BCUT2D eigenvalue weighted by Gasteiger charge is 2.09. The number of carbonyl (C=O) groups excluding carboxylic acids is 1. The van der Waals surface area contributed by atoms with Crippen LogP contribution in [-0.2, 0) is 0 Å². The van der Waals surface area contributed by atoms with Gasteiger partial charge < -0.3 is 11.1 Å². The number of benzene rings is 2. The molecule has 0 atom stereocenters. The molecule has 0 aliphatic carbocycles. The molecular weight excluding hydrogens is 260 g/mol. The molecule has 106 valence electrons. The Balaban J connectivity index is 2.23. The van der Waals surface area contributed by atoms with Gasteiger partial charge in [0, 0.05) is 16.8 Å². The van der Waals surface area contributed by atoms with Gasteiger partial charge in [0.2, 0.25) is 0 Å². The van der Waals surface area contributed by atoms with Crippen molar-refractivity contribution >= 4 is 11.6 Å². The fraction of sp³-hybridized carbons (Fsp3) is 0.167. The van der Waals surface area contributed by atoms with Crippen LogP contribution in [0.3, 0.4) is 0 Å². The number of nitrogens with two attached hydrogens (primary N) is 1. The normalized spacial score (nSPS) is 9.67. The van der Waals surface area contributed by atoms with E-state index in [9.17, 15) is 4.79 Å². The molecule has 2 aromatic carbocycles. The zero-order valence-electron chi connectivity index (χ0n) is 12.2. The van der Waals surface area contributed by atoms with Crippen molar-refractivity contribution < 1.29 is 4.79 Å². The number of carbonyl (C=O) groups is 1. The van der Waals surface area contributed by atoms with Crippen molar-refractivity contribution in [1.82, 2.24) is 0 Å². The van der Waals surface area contributed by atoms with E-state index in [1.54, 1.807) is 6.07 Å². The van der Waals surface area contributed by atoms with E-state index in [2.05, 4.69) is 17.2 Å². The van der Waals surface area contributed by atoms with Crippen molar-refractivity contribution in [3.05, 3.63) is 64.7 Å². The van der Waals surface area contributed by atoms with Crippen molar-refractivity contribution in [3.63, 3.8) is 0 Å². The van der Waals surface area contributed by atoms with Crippen LogP contribution in [0.4, 0.5) is 5.69 Å². The third kappa shape index (κ3) is 3.95. The highest BCUT2D eigenvalue weighted by Crippen LogP contribution is 2.15. The zero-order valence-corrected chi connectivity index (χ0v) is 12.2. The maximum Gasteiger partial charge on any atom is 0.255 e. The summed E-state index contributed by atoms with van der Waals surface area (Å²) < 4.78 is 0. The van der Waals surface area contributed by atoms with Crippen LogP contribution in [0.5, 0.6) is 0 Å². The molecule has 0 spiro atoms. The van der Waals surface area contributed by atoms with Gasteiger partial charge in [0.15, 0.2) is 0 Å². The second kappa shape index (κ2) is 6.74. The first-order valence-corrected chi connectivity index (χ1v) is 6.78. The van der Waals surface area contributed by atoms with Crippen molar-refractivity contribution in [2.45, 2.75) is 13.8 Å². The van der Waals surface area contributed by atoms with Crippen LogP contribution in [0.25, 0.3) is 0 Å². The average Bonchev–Trinajstić information content (AvgIpc) is 2.48. The van der Waals surface area contributed by atoms with Gasteiger partial charge in [-0.25, -0.2) is 0 Å². The Kier molecular flexibility index (Phi) is 4.76. The first kappa shape index (κ1) is 14.8. The quantitative estimate of drug-likeness (QED) is 0.830. The zero-order chi connectivity index (χ0) is 15.2. The molecule has 3 nitrogen and oxygen atoms in total. The molecule has 2 rings (SSSR count). The Morgan fingerprint density at radius 1 is 1.14 bits per heavy atom. The fourth-order valence-electron chi connectivity index (χ4n) is 1.93. The standard InChI is InChI=1S/C18H18N2O/c1-13-5-9-16(10-6-13)20-18(21)17-12-15(4-3-11-19)8-7-14(17)2/h5-10,12H,11,19H2,1-2H3,(H,20,21). The summed E-state index contributed by atoms with van der Waals surface area (Å²) in [6.07, 6.45) is 0. The fourth-order valence-corrected chi connectivity index (χ4v) is 1.93. The molecule has 21 heavy (non-hydrogen) atoms. The largest absolute Gasteiger partial charge is 0.322 e. The number of amides is 1. The summed E-state index contributed by atoms with van der Waals surface area (Å²) in [5, 5.41) is 2.90. The summed E-state index contributed by atoms with van der Waals surface area (Å²) in [5.74, 6) is 5.60. The van der Waals surface area contributed by atoms with E-state index < -0.39 is 0 Å². The van der Waals surface area contributed by atoms with Gasteiger partial charge in [0.05, 0.1) is 6.54 Å². The lowest BCUT2D eigenvalue weighted by Gasteiger charge is -2.08. The number of nitrogens with one attached hydrogen (secondary N) is 1. The van der Waals surface area contributed by atoms with E-state index in [4.69, 9.17) is 5.73 Å². The summed E-state index contributed by atoms with van der Waals surface area (Å²) in [5.41, 5.74) is 9.63. The highest BCUT2D eigenvalue weighted by atomic mass is 16.1. The van der Waals surface area contributed by atoms with E-state index in [0.29, 0.717) is 12.1 Å². The minimum atomic E-state index is -0.132. The van der Waals surface area contributed by atoms with Crippen LogP contribution in [0.1, 0.15) is 27.0 Å². The van der Waals surface area contributed by atoms with Crippen molar-refractivity contribution in [3.8, 4) is 11.8 Å². The lowest BCUT2D eigenvalue weighted by Crippen LogP contribution is -2.13. The molecule has 0 unspecified atom stereocenters. The number of hydrogen-bond donors (Lipinski definition) is 2. The minimum absolute atomic E-state index is 0.132. The highest BCUT2D eigenvalue weighted by molar-refractivity contribution is 6.05. The van der Waals surface area contributed by atoms with Gasteiger partial charge in [-0.15, -0.1) is 0 Å². The Morgan fingerprint density at radius 2 is 1.86 bits per heavy atom. The van der Waals surface area contributed by atoms with Crippen molar-refractivity contribution in [2.75, 3.05) is 11.9 Å². The van der Waals surface area contributed by atoms with Gasteiger partial charge in [0.25, 0.3) is 5.91 Å². The summed E-state index contributed by atoms with van der Waals surface area (Å²) in [4.78, 5) is 12.4. The van der Waals surface area contributed by atoms with E-state index >= 15 is 0 Å². The van der Waals surface area contributed by atoms with Crippen LogP contribution in [0.2, 0.25) is 0 Å².